The number of aromatic nitrogens is 3. The first-order valence-corrected chi connectivity index (χ1v) is 9.29. The number of hydrogen-bond donors (Lipinski definition) is 2. The van der Waals surface area contributed by atoms with Crippen LogP contribution < -0.4 is 10.6 Å². The molecule has 1 aromatic carbocycles. The molecule has 9 heteroatoms. The summed E-state index contributed by atoms with van der Waals surface area (Å²) >= 11 is 0. The minimum atomic E-state index is -0.923. The maximum absolute atomic E-state index is 14.0. The number of carbonyl (C=O) groups is 2. The molecule has 0 unspecified atom stereocenters. The molecule has 2 amide bonds. The topological polar surface area (TPSA) is 88.4 Å². The number of halogens is 2. The standard InChI is InChI=1S/C20H19F2N5O2/c1-10(2)15-4-3-5-16-24-18(26-27(15)16)20(29)23-14-7-6-11-8-12(21)9-13(22)17(11)25-19(14)28/h3-5,8-10,14H,6-7H2,1-2H3,(H,23,29)(H,25,28)/t14-/m0/s1. The molecule has 0 aliphatic carbocycles. The molecule has 150 valence electrons. The second-order valence-corrected chi connectivity index (χ2v) is 7.29. The summed E-state index contributed by atoms with van der Waals surface area (Å²) in [6, 6.07) is 6.45. The summed E-state index contributed by atoms with van der Waals surface area (Å²) in [5, 5.41) is 9.30. The van der Waals surface area contributed by atoms with Gasteiger partial charge in [0.05, 0.1) is 5.69 Å². The molecular formula is C20H19F2N5O2. The number of hydrogen-bond acceptors (Lipinski definition) is 4. The molecule has 2 N–H and O–H groups in total. The highest BCUT2D eigenvalue weighted by Gasteiger charge is 2.28. The first-order chi connectivity index (χ1) is 13.8. The summed E-state index contributed by atoms with van der Waals surface area (Å²) in [5.74, 6) is -2.63. The lowest BCUT2D eigenvalue weighted by molar-refractivity contribution is -0.118. The third-order valence-corrected chi connectivity index (χ3v) is 4.89. The van der Waals surface area contributed by atoms with Gasteiger partial charge in [0.2, 0.25) is 11.7 Å². The first-order valence-electron chi connectivity index (χ1n) is 9.29. The van der Waals surface area contributed by atoms with Crippen LogP contribution in [0.1, 0.15) is 48.1 Å². The molecule has 1 aliphatic heterocycles. The molecule has 2 aromatic heterocycles. The molecule has 1 aliphatic rings. The normalized spacial score (nSPS) is 16.4. The fourth-order valence-corrected chi connectivity index (χ4v) is 3.42. The van der Waals surface area contributed by atoms with Crippen LogP contribution in [-0.4, -0.2) is 32.5 Å². The van der Waals surface area contributed by atoms with Crippen molar-refractivity contribution in [2.45, 2.75) is 38.6 Å². The quantitative estimate of drug-likeness (QED) is 0.709. The number of nitrogens with zero attached hydrogens (tertiary/aromatic N) is 3. The van der Waals surface area contributed by atoms with Crippen molar-refractivity contribution in [3.05, 3.63) is 59.0 Å². The second-order valence-electron chi connectivity index (χ2n) is 7.29. The molecule has 7 nitrogen and oxygen atoms in total. The van der Waals surface area contributed by atoms with E-state index in [0.29, 0.717) is 17.3 Å². The number of nitrogens with one attached hydrogen (secondary N) is 2. The third kappa shape index (κ3) is 3.55. The number of amides is 2. The van der Waals surface area contributed by atoms with Gasteiger partial charge in [0.25, 0.3) is 5.91 Å². The molecule has 3 aromatic rings. The van der Waals surface area contributed by atoms with Gasteiger partial charge in [-0.05, 0) is 42.5 Å². The molecule has 0 fully saturated rings. The Morgan fingerprint density at radius 3 is 2.86 bits per heavy atom. The number of rotatable bonds is 3. The van der Waals surface area contributed by atoms with E-state index in [2.05, 4.69) is 20.7 Å². The lowest BCUT2D eigenvalue weighted by atomic mass is 10.1. The molecule has 29 heavy (non-hydrogen) atoms. The summed E-state index contributed by atoms with van der Waals surface area (Å²) in [6.07, 6.45) is 0.419. The number of pyridine rings is 1. The van der Waals surface area contributed by atoms with Gasteiger partial charge >= 0.3 is 0 Å². The van der Waals surface area contributed by atoms with Crippen molar-refractivity contribution in [3.8, 4) is 0 Å². The minimum absolute atomic E-state index is 0.0550. The minimum Gasteiger partial charge on any atom is -0.337 e. The Kier molecular flexibility index (Phi) is 4.73. The summed E-state index contributed by atoms with van der Waals surface area (Å²) in [4.78, 5) is 29.3. The van der Waals surface area contributed by atoms with Crippen molar-refractivity contribution in [2.75, 3.05) is 5.32 Å². The van der Waals surface area contributed by atoms with Gasteiger partial charge in [-0.15, -0.1) is 5.10 Å². The van der Waals surface area contributed by atoms with Crippen molar-refractivity contribution in [1.82, 2.24) is 19.9 Å². The zero-order valence-corrected chi connectivity index (χ0v) is 15.9. The van der Waals surface area contributed by atoms with Crippen LogP contribution >= 0.6 is 0 Å². The largest absolute Gasteiger partial charge is 0.337 e. The Morgan fingerprint density at radius 2 is 2.10 bits per heavy atom. The van der Waals surface area contributed by atoms with Gasteiger partial charge in [0.15, 0.2) is 5.65 Å². The van der Waals surface area contributed by atoms with E-state index in [1.165, 1.54) is 6.07 Å². The molecular weight excluding hydrogens is 380 g/mol. The van der Waals surface area contributed by atoms with Crippen molar-refractivity contribution in [3.63, 3.8) is 0 Å². The third-order valence-electron chi connectivity index (χ3n) is 4.89. The highest BCUT2D eigenvalue weighted by Crippen LogP contribution is 2.26. The lowest BCUT2D eigenvalue weighted by Gasteiger charge is -2.14. The van der Waals surface area contributed by atoms with Crippen LogP contribution in [-0.2, 0) is 11.2 Å². The molecule has 3 heterocycles. The van der Waals surface area contributed by atoms with Gasteiger partial charge in [-0.25, -0.2) is 18.3 Å². The maximum atomic E-state index is 14.0. The van der Waals surface area contributed by atoms with Crippen molar-refractivity contribution < 1.29 is 18.4 Å². The number of fused-ring (bicyclic) bond motifs is 2. The lowest BCUT2D eigenvalue weighted by Crippen LogP contribution is -2.43. The van der Waals surface area contributed by atoms with E-state index in [0.717, 1.165) is 5.69 Å². The SMILES string of the molecule is CC(C)c1cccc2nc(C(=O)N[C@H]3CCc4cc(F)cc(F)c4NC3=O)nn12. The van der Waals surface area contributed by atoms with E-state index >= 15 is 0 Å². The summed E-state index contributed by atoms with van der Waals surface area (Å²) in [6.45, 7) is 4.01. The van der Waals surface area contributed by atoms with Crippen molar-refractivity contribution in [2.24, 2.45) is 0 Å². The zero-order chi connectivity index (χ0) is 20.7. The molecule has 0 radical (unpaired) electrons. The number of benzene rings is 1. The fourth-order valence-electron chi connectivity index (χ4n) is 3.42. The van der Waals surface area contributed by atoms with Gasteiger partial charge < -0.3 is 10.6 Å². The van der Waals surface area contributed by atoms with Gasteiger partial charge in [-0.2, -0.15) is 0 Å². The van der Waals surface area contributed by atoms with Crippen molar-refractivity contribution in [1.29, 1.82) is 0 Å². The van der Waals surface area contributed by atoms with E-state index in [9.17, 15) is 18.4 Å². The Balaban J connectivity index is 1.56. The van der Waals surface area contributed by atoms with Crippen LogP contribution in [0.5, 0.6) is 0 Å². The predicted octanol–water partition coefficient (Wildman–Crippen LogP) is 2.81. The van der Waals surface area contributed by atoms with Gasteiger partial charge in [0, 0.05) is 11.8 Å². The second kappa shape index (κ2) is 7.23. The van der Waals surface area contributed by atoms with Crippen LogP contribution in [0.3, 0.4) is 0 Å². The number of anilines is 1. The van der Waals surface area contributed by atoms with E-state index in [4.69, 9.17) is 0 Å². The van der Waals surface area contributed by atoms with E-state index < -0.39 is 29.5 Å². The molecule has 0 bridgehead atoms. The van der Waals surface area contributed by atoms with E-state index in [1.807, 2.05) is 26.0 Å². The van der Waals surface area contributed by atoms with Gasteiger partial charge in [0.1, 0.15) is 17.7 Å². The molecule has 0 spiro atoms. The molecule has 0 saturated carbocycles. The highest BCUT2D eigenvalue weighted by atomic mass is 19.1. The summed E-state index contributed by atoms with van der Waals surface area (Å²) in [5.41, 5.74) is 1.71. The highest BCUT2D eigenvalue weighted by molar-refractivity contribution is 6.00. The average Bonchev–Trinajstić information content (AvgIpc) is 3.04. The van der Waals surface area contributed by atoms with E-state index in [1.54, 1.807) is 10.6 Å². The maximum Gasteiger partial charge on any atom is 0.291 e. The summed E-state index contributed by atoms with van der Waals surface area (Å²) in [7, 11) is 0. The summed E-state index contributed by atoms with van der Waals surface area (Å²) < 4.78 is 29.1. The molecule has 4 rings (SSSR count). The van der Waals surface area contributed by atoms with Crippen LogP contribution in [0, 0.1) is 11.6 Å². The van der Waals surface area contributed by atoms with Crippen LogP contribution in [0.4, 0.5) is 14.5 Å². The monoisotopic (exact) mass is 399 g/mol. The number of carbonyl (C=O) groups excluding carboxylic acids is 2. The Hall–Kier alpha value is -3.36. The van der Waals surface area contributed by atoms with Crippen LogP contribution in [0.25, 0.3) is 5.65 Å². The fraction of sp³-hybridized carbons (Fsp3) is 0.300. The van der Waals surface area contributed by atoms with Crippen LogP contribution in [0.2, 0.25) is 0 Å². The average molecular weight is 399 g/mol. The zero-order valence-electron chi connectivity index (χ0n) is 15.9. The predicted molar refractivity (Wildman–Crippen MR) is 102 cm³/mol. The Morgan fingerprint density at radius 1 is 1.31 bits per heavy atom. The first kappa shape index (κ1) is 19.0. The molecule has 1 atom stereocenters. The Bertz CT molecular complexity index is 1130. The Labute approximate surface area is 165 Å². The van der Waals surface area contributed by atoms with E-state index in [-0.39, 0.29) is 30.3 Å². The number of aryl methyl sites for hydroxylation is 1. The van der Waals surface area contributed by atoms with Crippen molar-refractivity contribution >= 4 is 23.1 Å². The molecule has 0 saturated heterocycles. The van der Waals surface area contributed by atoms with Crippen LogP contribution in [0.15, 0.2) is 30.3 Å². The van der Waals surface area contributed by atoms with Gasteiger partial charge in [-0.3, -0.25) is 9.59 Å². The smallest absolute Gasteiger partial charge is 0.291 e. The van der Waals surface area contributed by atoms with Gasteiger partial charge in [-0.1, -0.05) is 19.9 Å².